The van der Waals surface area contributed by atoms with E-state index in [4.69, 9.17) is 4.74 Å². The number of hydrogen-bond acceptors (Lipinski definition) is 2. The number of benzene rings is 1. The van der Waals surface area contributed by atoms with Gasteiger partial charge >= 0.3 is 0 Å². The van der Waals surface area contributed by atoms with Gasteiger partial charge in [-0.2, -0.15) is 0 Å². The van der Waals surface area contributed by atoms with Gasteiger partial charge < -0.3 is 9.84 Å². The minimum Gasteiger partial charge on any atom is -0.508 e. The molecule has 1 heterocycles. The van der Waals surface area contributed by atoms with E-state index >= 15 is 0 Å². The van der Waals surface area contributed by atoms with E-state index in [1.54, 1.807) is 0 Å². The largest absolute Gasteiger partial charge is 0.508 e. The standard InChI is InChI=1S/C18H24O2/c1-17-7-5-13-11-14(19)3-4-15(13)16(17)12-18(9-8-17)6-2-10-20-18/h3-4,11,16,19H,2,5-10,12H2,1H3/t16-,17+,18-/m1/s1. The van der Waals surface area contributed by atoms with Crippen molar-refractivity contribution in [3.05, 3.63) is 29.3 Å². The Balaban J connectivity index is 1.73. The number of hydrogen-bond donors (Lipinski definition) is 1. The lowest BCUT2D eigenvalue weighted by atomic mass is 9.55. The number of aryl methyl sites for hydroxylation is 1. The quantitative estimate of drug-likeness (QED) is 0.768. The Morgan fingerprint density at radius 3 is 2.90 bits per heavy atom. The molecule has 3 atom stereocenters. The molecule has 2 nitrogen and oxygen atoms in total. The van der Waals surface area contributed by atoms with E-state index in [2.05, 4.69) is 13.0 Å². The summed E-state index contributed by atoms with van der Waals surface area (Å²) in [5, 5.41) is 9.73. The fourth-order valence-corrected chi connectivity index (χ4v) is 4.87. The van der Waals surface area contributed by atoms with Gasteiger partial charge in [0.25, 0.3) is 0 Å². The smallest absolute Gasteiger partial charge is 0.115 e. The Bertz CT molecular complexity index is 530. The van der Waals surface area contributed by atoms with Gasteiger partial charge in [-0.3, -0.25) is 0 Å². The van der Waals surface area contributed by atoms with Gasteiger partial charge in [-0.25, -0.2) is 0 Å². The van der Waals surface area contributed by atoms with Crippen molar-refractivity contribution in [2.75, 3.05) is 6.61 Å². The zero-order valence-electron chi connectivity index (χ0n) is 12.3. The van der Waals surface area contributed by atoms with Crippen LogP contribution in [-0.2, 0) is 11.2 Å². The van der Waals surface area contributed by atoms with Gasteiger partial charge in [-0.05, 0) is 79.5 Å². The SMILES string of the molecule is C[C@@]12CCc3cc(O)ccc3[C@H]1C[C@@]1(CCCO1)CC2. The maximum atomic E-state index is 9.73. The first-order valence-electron chi connectivity index (χ1n) is 8.06. The Hall–Kier alpha value is -1.02. The summed E-state index contributed by atoms with van der Waals surface area (Å²) in [6, 6.07) is 6.01. The Morgan fingerprint density at radius 1 is 1.20 bits per heavy atom. The molecular formula is C18H24O2. The molecule has 1 spiro atoms. The van der Waals surface area contributed by atoms with Crippen molar-refractivity contribution >= 4 is 0 Å². The summed E-state index contributed by atoms with van der Waals surface area (Å²) in [6.07, 6.45) is 8.56. The molecule has 1 aromatic carbocycles. The maximum absolute atomic E-state index is 9.73. The van der Waals surface area contributed by atoms with Gasteiger partial charge in [0.1, 0.15) is 5.75 Å². The summed E-state index contributed by atoms with van der Waals surface area (Å²) in [4.78, 5) is 0. The van der Waals surface area contributed by atoms with E-state index < -0.39 is 0 Å². The zero-order chi connectivity index (χ0) is 13.8. The highest BCUT2D eigenvalue weighted by molar-refractivity contribution is 5.41. The molecule has 1 aromatic rings. The fraction of sp³-hybridized carbons (Fsp3) is 0.667. The van der Waals surface area contributed by atoms with Crippen LogP contribution in [0.15, 0.2) is 18.2 Å². The molecule has 1 aliphatic heterocycles. The fourth-order valence-electron chi connectivity index (χ4n) is 4.87. The van der Waals surface area contributed by atoms with Crippen LogP contribution in [0.25, 0.3) is 0 Å². The zero-order valence-corrected chi connectivity index (χ0v) is 12.3. The van der Waals surface area contributed by atoms with Crippen molar-refractivity contribution in [3.63, 3.8) is 0 Å². The molecule has 4 rings (SSSR count). The van der Waals surface area contributed by atoms with E-state index in [9.17, 15) is 5.11 Å². The first kappa shape index (κ1) is 12.7. The van der Waals surface area contributed by atoms with Crippen molar-refractivity contribution in [3.8, 4) is 5.75 Å². The predicted octanol–water partition coefficient (Wildman–Crippen LogP) is 4.16. The van der Waals surface area contributed by atoms with Crippen molar-refractivity contribution in [2.45, 2.75) is 63.4 Å². The third-order valence-electron chi connectivity index (χ3n) is 6.22. The van der Waals surface area contributed by atoms with E-state index in [1.807, 2.05) is 12.1 Å². The van der Waals surface area contributed by atoms with Gasteiger partial charge in [0.2, 0.25) is 0 Å². The lowest BCUT2D eigenvalue weighted by Gasteiger charge is -2.51. The molecule has 3 aliphatic rings. The van der Waals surface area contributed by atoms with Crippen LogP contribution in [0.5, 0.6) is 5.75 Å². The van der Waals surface area contributed by atoms with Gasteiger partial charge in [-0.1, -0.05) is 13.0 Å². The lowest BCUT2D eigenvalue weighted by Crippen LogP contribution is -2.44. The van der Waals surface area contributed by atoms with Crippen LogP contribution >= 0.6 is 0 Å². The highest BCUT2D eigenvalue weighted by atomic mass is 16.5. The molecule has 2 heteroatoms. The second-order valence-electron chi connectivity index (χ2n) is 7.43. The van der Waals surface area contributed by atoms with Gasteiger partial charge in [0, 0.05) is 6.61 Å². The summed E-state index contributed by atoms with van der Waals surface area (Å²) in [5.41, 5.74) is 3.44. The number of phenols is 1. The van der Waals surface area contributed by atoms with Crippen LogP contribution < -0.4 is 0 Å². The third kappa shape index (κ3) is 1.81. The Morgan fingerprint density at radius 2 is 2.10 bits per heavy atom. The average Bonchev–Trinajstić information content (AvgIpc) is 2.89. The molecule has 0 unspecified atom stereocenters. The number of ether oxygens (including phenoxy) is 1. The molecule has 2 fully saturated rings. The number of rotatable bonds is 0. The van der Waals surface area contributed by atoms with Crippen LogP contribution in [0, 0.1) is 5.41 Å². The van der Waals surface area contributed by atoms with Crippen molar-refractivity contribution in [2.24, 2.45) is 5.41 Å². The van der Waals surface area contributed by atoms with E-state index in [-0.39, 0.29) is 5.60 Å². The molecule has 0 bridgehead atoms. The highest BCUT2D eigenvalue weighted by Gasteiger charge is 2.50. The second kappa shape index (κ2) is 4.24. The number of fused-ring (bicyclic) bond motifs is 3. The molecule has 1 N–H and O–H groups in total. The molecule has 2 aliphatic carbocycles. The first-order valence-corrected chi connectivity index (χ1v) is 8.06. The summed E-state index contributed by atoms with van der Waals surface area (Å²) in [7, 11) is 0. The number of phenolic OH excluding ortho intramolecular Hbond substituents is 1. The monoisotopic (exact) mass is 272 g/mol. The van der Waals surface area contributed by atoms with E-state index in [0.29, 0.717) is 17.1 Å². The number of aromatic hydroxyl groups is 1. The van der Waals surface area contributed by atoms with Gasteiger partial charge in [0.05, 0.1) is 5.60 Å². The van der Waals surface area contributed by atoms with Crippen molar-refractivity contribution < 1.29 is 9.84 Å². The molecule has 0 radical (unpaired) electrons. The van der Waals surface area contributed by atoms with Crippen LogP contribution in [0.4, 0.5) is 0 Å². The minimum atomic E-state index is 0.163. The molecule has 0 amide bonds. The summed E-state index contributed by atoms with van der Waals surface area (Å²) < 4.78 is 6.16. The van der Waals surface area contributed by atoms with E-state index in [0.717, 1.165) is 13.0 Å². The van der Waals surface area contributed by atoms with Gasteiger partial charge in [-0.15, -0.1) is 0 Å². The molecule has 1 saturated heterocycles. The first-order chi connectivity index (χ1) is 9.60. The summed E-state index contributed by atoms with van der Waals surface area (Å²) >= 11 is 0. The average molecular weight is 272 g/mol. The van der Waals surface area contributed by atoms with E-state index in [1.165, 1.54) is 49.7 Å². The van der Waals surface area contributed by atoms with Crippen LogP contribution in [-0.4, -0.2) is 17.3 Å². The maximum Gasteiger partial charge on any atom is 0.115 e. The minimum absolute atomic E-state index is 0.163. The highest BCUT2D eigenvalue weighted by Crippen LogP contribution is 2.58. The predicted molar refractivity (Wildman–Crippen MR) is 79.0 cm³/mol. The van der Waals surface area contributed by atoms with Gasteiger partial charge in [0.15, 0.2) is 0 Å². The topological polar surface area (TPSA) is 29.5 Å². The van der Waals surface area contributed by atoms with Crippen LogP contribution in [0.1, 0.15) is 62.5 Å². The molecule has 20 heavy (non-hydrogen) atoms. The molecule has 1 saturated carbocycles. The Kier molecular flexibility index (Phi) is 2.69. The molecule has 108 valence electrons. The van der Waals surface area contributed by atoms with Crippen LogP contribution in [0.2, 0.25) is 0 Å². The summed E-state index contributed by atoms with van der Waals surface area (Å²) in [6.45, 7) is 3.42. The van der Waals surface area contributed by atoms with Crippen molar-refractivity contribution in [1.29, 1.82) is 0 Å². The second-order valence-corrected chi connectivity index (χ2v) is 7.43. The Labute approximate surface area is 121 Å². The molecular weight excluding hydrogens is 248 g/mol. The summed E-state index contributed by atoms with van der Waals surface area (Å²) in [5.74, 6) is 1.02. The third-order valence-corrected chi connectivity index (χ3v) is 6.22. The normalized spacial score (nSPS) is 39.5. The van der Waals surface area contributed by atoms with Crippen molar-refractivity contribution in [1.82, 2.24) is 0 Å². The lowest BCUT2D eigenvalue weighted by molar-refractivity contribution is -0.0652. The van der Waals surface area contributed by atoms with Crippen LogP contribution in [0.3, 0.4) is 0 Å². The molecule has 0 aromatic heterocycles.